The van der Waals surface area contributed by atoms with Gasteiger partial charge >= 0.3 is 0 Å². The Bertz CT molecular complexity index is 635. The zero-order chi connectivity index (χ0) is 14.7. The highest BCUT2D eigenvalue weighted by atomic mass is 32.2. The number of piperazine rings is 1. The van der Waals surface area contributed by atoms with Crippen LogP contribution in [0.2, 0.25) is 0 Å². The summed E-state index contributed by atoms with van der Waals surface area (Å²) in [6.45, 7) is 3.77. The van der Waals surface area contributed by atoms with Gasteiger partial charge in [0, 0.05) is 10.8 Å². The molecule has 1 saturated heterocycles. The molecule has 21 heavy (non-hydrogen) atoms. The predicted molar refractivity (Wildman–Crippen MR) is 83.5 cm³/mol. The highest BCUT2D eigenvalue weighted by Crippen LogP contribution is 2.24. The number of nitrogens with zero attached hydrogens (tertiary/aromatic N) is 3. The van der Waals surface area contributed by atoms with E-state index < -0.39 is 0 Å². The van der Waals surface area contributed by atoms with Crippen LogP contribution in [0.4, 0.5) is 0 Å². The van der Waals surface area contributed by atoms with Gasteiger partial charge in [0.1, 0.15) is 5.03 Å². The average Bonchev–Trinajstić information content (AvgIpc) is 2.53. The number of fused-ring (bicyclic) bond motifs is 1. The summed E-state index contributed by atoms with van der Waals surface area (Å²) >= 11 is 1.48. The number of benzene rings is 1. The number of thioether (sulfide) groups is 1. The third-order valence-electron chi connectivity index (χ3n) is 3.84. The summed E-state index contributed by atoms with van der Waals surface area (Å²) in [7, 11) is 2.17. The van der Waals surface area contributed by atoms with Crippen LogP contribution < -0.4 is 4.90 Å². The second kappa shape index (κ2) is 6.41. The van der Waals surface area contributed by atoms with Gasteiger partial charge < -0.3 is 9.80 Å². The zero-order valence-electron chi connectivity index (χ0n) is 12.1. The number of hydrogen-bond acceptors (Lipinski definition) is 4. The molecule has 2 heterocycles. The summed E-state index contributed by atoms with van der Waals surface area (Å²) in [4.78, 5) is 15.7. The largest absolute Gasteiger partial charge is 0.334 e. The lowest BCUT2D eigenvalue weighted by Crippen LogP contribution is -3.12. The SMILES string of the molecule is C[NH+]1CCN(C(=O)CSc2nncc3ccccc23)CC1. The van der Waals surface area contributed by atoms with Crippen molar-refractivity contribution in [2.24, 2.45) is 0 Å². The summed E-state index contributed by atoms with van der Waals surface area (Å²) in [5, 5.41) is 11.1. The van der Waals surface area contributed by atoms with Gasteiger partial charge in [0.05, 0.1) is 45.2 Å². The lowest BCUT2D eigenvalue weighted by molar-refractivity contribution is -0.883. The lowest BCUT2D eigenvalue weighted by Gasteiger charge is -2.29. The Hall–Kier alpha value is -1.66. The van der Waals surface area contributed by atoms with E-state index in [4.69, 9.17) is 0 Å². The minimum atomic E-state index is 0.197. The highest BCUT2D eigenvalue weighted by molar-refractivity contribution is 8.00. The lowest BCUT2D eigenvalue weighted by atomic mass is 10.2. The first-order valence-electron chi connectivity index (χ1n) is 7.16. The highest BCUT2D eigenvalue weighted by Gasteiger charge is 2.21. The maximum absolute atomic E-state index is 12.3. The minimum absolute atomic E-state index is 0.197. The summed E-state index contributed by atoms with van der Waals surface area (Å²) in [5.41, 5.74) is 0. The van der Waals surface area contributed by atoms with Crippen LogP contribution in [0.25, 0.3) is 10.8 Å². The first-order chi connectivity index (χ1) is 10.2. The smallest absolute Gasteiger partial charge is 0.233 e. The van der Waals surface area contributed by atoms with Gasteiger partial charge in [-0.05, 0) is 0 Å². The number of rotatable bonds is 3. The number of likely N-dealkylation sites (N-methyl/N-ethyl adjacent to an activating group) is 1. The van der Waals surface area contributed by atoms with E-state index in [-0.39, 0.29) is 5.91 Å². The Labute approximate surface area is 128 Å². The number of aromatic nitrogens is 2. The monoisotopic (exact) mass is 303 g/mol. The molecule has 1 fully saturated rings. The number of carbonyl (C=O) groups excluding carboxylic acids is 1. The second-order valence-electron chi connectivity index (χ2n) is 5.36. The number of nitrogens with one attached hydrogen (secondary N) is 1. The summed E-state index contributed by atoms with van der Waals surface area (Å²) < 4.78 is 0. The summed E-state index contributed by atoms with van der Waals surface area (Å²) in [6.07, 6.45) is 1.75. The predicted octanol–water partition coefficient (Wildman–Crippen LogP) is 0.0788. The molecule has 5 nitrogen and oxygen atoms in total. The molecule has 6 heteroatoms. The fourth-order valence-electron chi connectivity index (χ4n) is 2.47. The molecule has 2 aromatic rings. The average molecular weight is 303 g/mol. The Balaban J connectivity index is 1.65. The van der Waals surface area contributed by atoms with Gasteiger partial charge in [0.2, 0.25) is 5.91 Å². The van der Waals surface area contributed by atoms with Crippen LogP contribution in [0.15, 0.2) is 35.5 Å². The normalized spacial score (nSPS) is 16.3. The molecule has 3 rings (SSSR count). The van der Waals surface area contributed by atoms with Crippen LogP contribution in [0.5, 0.6) is 0 Å². The fourth-order valence-corrected chi connectivity index (χ4v) is 3.36. The van der Waals surface area contributed by atoms with Gasteiger partial charge in [-0.25, -0.2) is 0 Å². The van der Waals surface area contributed by atoms with Gasteiger partial charge in [-0.1, -0.05) is 36.0 Å². The number of carbonyl (C=O) groups is 1. The molecule has 1 aliphatic heterocycles. The van der Waals surface area contributed by atoms with E-state index in [0.29, 0.717) is 5.75 Å². The number of hydrogen-bond donors (Lipinski definition) is 1. The molecule has 0 saturated carbocycles. The topological polar surface area (TPSA) is 50.5 Å². The van der Waals surface area contributed by atoms with Gasteiger partial charge in [0.25, 0.3) is 0 Å². The molecular weight excluding hydrogens is 284 g/mol. The third kappa shape index (κ3) is 3.33. The molecule has 0 aliphatic carbocycles. The van der Waals surface area contributed by atoms with Gasteiger partial charge in [-0.15, -0.1) is 5.10 Å². The van der Waals surface area contributed by atoms with Gasteiger partial charge in [-0.3, -0.25) is 4.79 Å². The van der Waals surface area contributed by atoms with Crippen LogP contribution in [-0.2, 0) is 4.79 Å². The first-order valence-corrected chi connectivity index (χ1v) is 8.15. The molecule has 1 aromatic heterocycles. The first kappa shape index (κ1) is 14.3. The van der Waals surface area contributed by atoms with Crippen molar-refractivity contribution in [2.75, 3.05) is 39.0 Å². The van der Waals surface area contributed by atoms with Crippen molar-refractivity contribution in [3.05, 3.63) is 30.5 Å². The molecule has 0 radical (unpaired) electrons. The van der Waals surface area contributed by atoms with Crippen molar-refractivity contribution in [3.8, 4) is 0 Å². The van der Waals surface area contributed by atoms with Crippen molar-refractivity contribution >= 4 is 28.4 Å². The van der Waals surface area contributed by atoms with Crippen molar-refractivity contribution in [1.29, 1.82) is 0 Å². The maximum Gasteiger partial charge on any atom is 0.233 e. The van der Waals surface area contributed by atoms with Crippen molar-refractivity contribution in [1.82, 2.24) is 15.1 Å². The van der Waals surface area contributed by atoms with Crippen LogP contribution in [0, 0.1) is 0 Å². The molecule has 0 unspecified atom stereocenters. The summed E-state index contributed by atoms with van der Waals surface area (Å²) in [6, 6.07) is 8.00. The molecule has 0 bridgehead atoms. The Morgan fingerprint density at radius 1 is 1.33 bits per heavy atom. The number of quaternary nitrogens is 1. The Morgan fingerprint density at radius 2 is 2.10 bits per heavy atom. The van der Waals surface area contributed by atoms with Crippen LogP contribution in [-0.4, -0.2) is 60.0 Å². The van der Waals surface area contributed by atoms with Crippen LogP contribution >= 0.6 is 11.8 Å². The van der Waals surface area contributed by atoms with Crippen LogP contribution in [0.1, 0.15) is 0 Å². The van der Waals surface area contributed by atoms with Crippen LogP contribution in [0.3, 0.4) is 0 Å². The van der Waals surface area contributed by atoms with E-state index in [1.165, 1.54) is 16.7 Å². The van der Waals surface area contributed by atoms with Crippen molar-refractivity contribution < 1.29 is 9.69 Å². The zero-order valence-corrected chi connectivity index (χ0v) is 12.9. The fraction of sp³-hybridized carbons (Fsp3) is 0.400. The van der Waals surface area contributed by atoms with E-state index in [9.17, 15) is 4.79 Å². The van der Waals surface area contributed by atoms with Crippen molar-refractivity contribution in [2.45, 2.75) is 5.03 Å². The molecular formula is C15H19N4OS+. The van der Waals surface area contributed by atoms with E-state index in [0.717, 1.165) is 42.0 Å². The van der Waals surface area contributed by atoms with E-state index >= 15 is 0 Å². The molecule has 0 atom stereocenters. The summed E-state index contributed by atoms with van der Waals surface area (Å²) in [5.74, 6) is 0.629. The maximum atomic E-state index is 12.3. The Morgan fingerprint density at radius 3 is 2.90 bits per heavy atom. The molecule has 1 N–H and O–H groups in total. The van der Waals surface area contributed by atoms with E-state index in [1.54, 1.807) is 6.20 Å². The molecule has 110 valence electrons. The standard InChI is InChI=1S/C15H18N4OS/c1-18-6-8-19(9-7-18)14(20)11-21-15-13-5-3-2-4-12(13)10-16-17-15/h2-5,10H,6-9,11H2,1H3/p+1. The molecule has 0 spiro atoms. The minimum Gasteiger partial charge on any atom is -0.334 e. The molecule has 1 amide bonds. The van der Waals surface area contributed by atoms with Gasteiger partial charge in [-0.2, -0.15) is 5.10 Å². The van der Waals surface area contributed by atoms with Crippen molar-refractivity contribution in [3.63, 3.8) is 0 Å². The molecule has 1 aromatic carbocycles. The third-order valence-corrected chi connectivity index (χ3v) is 4.80. The van der Waals surface area contributed by atoms with E-state index in [1.807, 2.05) is 29.2 Å². The number of amides is 1. The molecule has 1 aliphatic rings. The van der Waals surface area contributed by atoms with E-state index in [2.05, 4.69) is 17.2 Å². The quantitative estimate of drug-likeness (QED) is 0.816. The Kier molecular flexibility index (Phi) is 4.36. The second-order valence-corrected chi connectivity index (χ2v) is 6.33. The van der Waals surface area contributed by atoms with Gasteiger partial charge in [0.15, 0.2) is 0 Å².